The minimum absolute atomic E-state index is 0.104. The lowest BCUT2D eigenvalue weighted by atomic mass is 9.76. The predicted octanol–water partition coefficient (Wildman–Crippen LogP) is 5.95. The van der Waals surface area contributed by atoms with Crippen molar-refractivity contribution in [1.82, 2.24) is 0 Å². The number of methoxy groups -OCH3 is 1. The molecular formula is C24H33NO3. The van der Waals surface area contributed by atoms with Crippen LogP contribution in [0.2, 0.25) is 0 Å². The molecule has 4 heteroatoms. The van der Waals surface area contributed by atoms with Gasteiger partial charge in [-0.2, -0.15) is 0 Å². The fourth-order valence-electron chi connectivity index (χ4n) is 4.77. The van der Waals surface area contributed by atoms with Crippen molar-refractivity contribution in [2.75, 3.05) is 7.11 Å². The first-order valence-electron chi connectivity index (χ1n) is 10.8. The van der Waals surface area contributed by atoms with Crippen LogP contribution in [0.4, 0.5) is 5.69 Å². The Hall–Kier alpha value is -1.97. The van der Waals surface area contributed by atoms with E-state index < -0.39 is 0 Å². The van der Waals surface area contributed by atoms with Crippen LogP contribution in [0.5, 0.6) is 5.75 Å². The second kappa shape index (κ2) is 9.49. The monoisotopic (exact) mass is 383 g/mol. The van der Waals surface area contributed by atoms with E-state index >= 15 is 0 Å². The highest BCUT2D eigenvalue weighted by molar-refractivity contribution is 6.11. The fourth-order valence-corrected chi connectivity index (χ4v) is 4.77. The zero-order chi connectivity index (χ0) is 20.1. The Morgan fingerprint density at radius 3 is 2.57 bits per heavy atom. The van der Waals surface area contributed by atoms with Crippen molar-refractivity contribution in [3.05, 3.63) is 23.8 Å². The number of ether oxygens (including phenoxy) is 1. The highest BCUT2D eigenvalue weighted by Crippen LogP contribution is 2.36. The molecule has 2 fully saturated rings. The molecule has 2 saturated carbocycles. The van der Waals surface area contributed by atoms with Crippen LogP contribution in [0, 0.1) is 17.8 Å². The summed E-state index contributed by atoms with van der Waals surface area (Å²) in [5.41, 5.74) is 2.33. The maximum Gasteiger partial charge on any atom is 0.166 e. The summed E-state index contributed by atoms with van der Waals surface area (Å²) in [5, 5.41) is 0. The highest BCUT2D eigenvalue weighted by Gasteiger charge is 2.27. The normalized spacial score (nSPS) is 23.2. The molecule has 2 aliphatic carbocycles. The highest BCUT2D eigenvalue weighted by atomic mass is 16.5. The van der Waals surface area contributed by atoms with E-state index in [2.05, 4.69) is 11.9 Å². The zero-order valence-corrected chi connectivity index (χ0v) is 17.5. The Bertz CT molecular complexity index is 746. The molecule has 1 aromatic rings. The molecule has 0 aromatic heterocycles. The van der Waals surface area contributed by atoms with E-state index in [0.717, 1.165) is 24.2 Å². The average molecular weight is 384 g/mol. The van der Waals surface area contributed by atoms with Gasteiger partial charge in [0.15, 0.2) is 5.78 Å². The van der Waals surface area contributed by atoms with Crippen LogP contribution in [0.25, 0.3) is 0 Å². The first-order valence-corrected chi connectivity index (χ1v) is 10.8. The number of benzene rings is 1. The van der Waals surface area contributed by atoms with Gasteiger partial charge in [0.25, 0.3) is 0 Å². The van der Waals surface area contributed by atoms with Gasteiger partial charge in [0, 0.05) is 24.6 Å². The summed E-state index contributed by atoms with van der Waals surface area (Å²) in [6, 6.07) is 5.55. The topological polar surface area (TPSA) is 55.7 Å². The van der Waals surface area contributed by atoms with Crippen molar-refractivity contribution < 1.29 is 14.3 Å². The maximum absolute atomic E-state index is 13.0. The summed E-state index contributed by atoms with van der Waals surface area (Å²) in [7, 11) is 1.60. The van der Waals surface area contributed by atoms with Crippen molar-refractivity contribution in [3.63, 3.8) is 0 Å². The van der Waals surface area contributed by atoms with E-state index in [1.54, 1.807) is 7.11 Å². The van der Waals surface area contributed by atoms with Crippen LogP contribution >= 0.6 is 0 Å². The average Bonchev–Trinajstić information content (AvgIpc) is 3.04. The molecule has 4 nitrogen and oxygen atoms in total. The molecule has 0 N–H and O–H groups in total. The minimum atomic E-state index is -0.104. The van der Waals surface area contributed by atoms with Gasteiger partial charge in [-0.15, -0.1) is 0 Å². The lowest BCUT2D eigenvalue weighted by Crippen LogP contribution is -2.20. The summed E-state index contributed by atoms with van der Waals surface area (Å²) in [6.45, 7) is 4.12. The molecule has 28 heavy (non-hydrogen) atoms. The van der Waals surface area contributed by atoms with Crippen LogP contribution in [-0.2, 0) is 4.79 Å². The molecule has 0 spiro atoms. The molecule has 0 aliphatic heterocycles. The van der Waals surface area contributed by atoms with E-state index in [-0.39, 0.29) is 17.5 Å². The summed E-state index contributed by atoms with van der Waals surface area (Å²) >= 11 is 0. The number of carbonyl (C=O) groups is 2. The Morgan fingerprint density at radius 1 is 1.21 bits per heavy atom. The SMILES string of the molecule is CCC(CC(=O)c1ccc(N=C2CCC(=O)C2C)cc1OC)C1CCCCC1. The number of ketones is 2. The third-order valence-corrected chi connectivity index (χ3v) is 6.66. The Labute approximate surface area is 168 Å². The minimum Gasteiger partial charge on any atom is -0.496 e. The number of nitrogens with zero attached hydrogens (tertiary/aromatic N) is 1. The molecule has 3 rings (SSSR count). The number of hydrogen-bond donors (Lipinski definition) is 0. The van der Waals surface area contributed by atoms with Crippen molar-refractivity contribution in [2.24, 2.45) is 22.7 Å². The molecule has 2 atom stereocenters. The lowest BCUT2D eigenvalue weighted by molar-refractivity contribution is -0.119. The van der Waals surface area contributed by atoms with Crippen molar-refractivity contribution >= 4 is 23.0 Å². The summed E-state index contributed by atoms with van der Waals surface area (Å²) < 4.78 is 5.52. The van der Waals surface area contributed by atoms with Gasteiger partial charge in [-0.25, -0.2) is 0 Å². The van der Waals surface area contributed by atoms with Gasteiger partial charge >= 0.3 is 0 Å². The predicted molar refractivity (Wildman–Crippen MR) is 113 cm³/mol. The third-order valence-electron chi connectivity index (χ3n) is 6.66. The molecule has 0 amide bonds. The van der Waals surface area contributed by atoms with Crippen LogP contribution in [0.3, 0.4) is 0 Å². The quantitative estimate of drug-likeness (QED) is 0.547. The van der Waals surface area contributed by atoms with Gasteiger partial charge in [0.05, 0.1) is 24.3 Å². The number of hydrogen-bond acceptors (Lipinski definition) is 4. The van der Waals surface area contributed by atoms with Crippen LogP contribution in [0.1, 0.15) is 82.0 Å². The first-order chi connectivity index (χ1) is 13.5. The molecule has 0 bridgehead atoms. The first kappa shape index (κ1) is 20.8. The van der Waals surface area contributed by atoms with Crippen molar-refractivity contribution in [2.45, 2.75) is 71.6 Å². The Balaban J connectivity index is 1.75. The third kappa shape index (κ3) is 4.71. The van der Waals surface area contributed by atoms with E-state index in [4.69, 9.17) is 4.74 Å². The van der Waals surface area contributed by atoms with Gasteiger partial charge in [-0.3, -0.25) is 14.6 Å². The van der Waals surface area contributed by atoms with Crippen molar-refractivity contribution in [1.29, 1.82) is 0 Å². The van der Waals surface area contributed by atoms with Crippen LogP contribution < -0.4 is 4.74 Å². The molecule has 0 saturated heterocycles. The van der Waals surface area contributed by atoms with E-state index in [1.807, 2.05) is 25.1 Å². The Kier molecular flexibility index (Phi) is 7.03. The second-order valence-electron chi connectivity index (χ2n) is 8.37. The maximum atomic E-state index is 13.0. The number of carbonyl (C=O) groups excluding carboxylic acids is 2. The van der Waals surface area contributed by atoms with E-state index in [1.165, 1.54) is 32.1 Å². The molecular weight excluding hydrogens is 350 g/mol. The summed E-state index contributed by atoms with van der Waals surface area (Å²) in [6.07, 6.45) is 9.40. The molecule has 2 unspecified atom stereocenters. The fraction of sp³-hybridized carbons (Fsp3) is 0.625. The zero-order valence-electron chi connectivity index (χ0n) is 17.5. The van der Waals surface area contributed by atoms with Crippen LogP contribution in [0.15, 0.2) is 23.2 Å². The molecule has 0 heterocycles. The van der Waals surface area contributed by atoms with Gasteiger partial charge in [0.1, 0.15) is 11.5 Å². The number of aliphatic imine (C=N–C) groups is 1. The molecule has 0 radical (unpaired) electrons. The molecule has 2 aliphatic rings. The summed E-state index contributed by atoms with van der Waals surface area (Å²) in [4.78, 5) is 29.4. The number of rotatable bonds is 7. The molecule has 152 valence electrons. The largest absolute Gasteiger partial charge is 0.496 e. The van der Waals surface area contributed by atoms with Gasteiger partial charge in [-0.1, -0.05) is 52.4 Å². The van der Waals surface area contributed by atoms with Gasteiger partial charge in [-0.05, 0) is 30.4 Å². The Morgan fingerprint density at radius 2 is 1.96 bits per heavy atom. The molecule has 1 aromatic carbocycles. The van der Waals surface area contributed by atoms with E-state index in [9.17, 15) is 9.59 Å². The van der Waals surface area contributed by atoms with Gasteiger partial charge < -0.3 is 4.74 Å². The van der Waals surface area contributed by atoms with Crippen molar-refractivity contribution in [3.8, 4) is 5.75 Å². The smallest absolute Gasteiger partial charge is 0.166 e. The van der Waals surface area contributed by atoms with Gasteiger partial charge in [0.2, 0.25) is 0 Å². The lowest BCUT2D eigenvalue weighted by Gasteiger charge is -2.29. The second-order valence-corrected chi connectivity index (χ2v) is 8.37. The van der Waals surface area contributed by atoms with Crippen LogP contribution in [-0.4, -0.2) is 24.4 Å². The standard InChI is InChI=1S/C24H33NO3/c1-4-17(18-8-6-5-7-9-18)14-23(27)20-11-10-19(15-24(20)28-3)25-21-12-13-22(26)16(21)2/h10-11,15-18H,4-9,12-14H2,1-3H3. The number of Topliss-reactive ketones (excluding diaryl/α,β-unsaturated/α-hetero) is 2. The van der Waals surface area contributed by atoms with E-state index in [0.29, 0.717) is 36.0 Å². The summed E-state index contributed by atoms with van der Waals surface area (Å²) in [5.74, 6) is 2.04.